The highest BCUT2D eigenvalue weighted by molar-refractivity contribution is 9.10. The largest absolute Gasteiger partial charge is 0.458 e. The fourth-order valence-electron chi connectivity index (χ4n) is 2.31. The van der Waals surface area contributed by atoms with Crippen LogP contribution in [0.2, 0.25) is 0 Å². The van der Waals surface area contributed by atoms with E-state index in [4.69, 9.17) is 4.42 Å². The van der Waals surface area contributed by atoms with Crippen molar-refractivity contribution in [2.75, 3.05) is 6.54 Å². The Bertz CT molecular complexity index is 946. The summed E-state index contributed by atoms with van der Waals surface area (Å²) >= 11 is 3.22. The molecule has 0 saturated carbocycles. The SMILES string of the molecule is C[C@@](O)(CNS(=O)(=O)c1ccccc1Br)c1cc2ccccc2o1. The van der Waals surface area contributed by atoms with Crippen LogP contribution >= 0.6 is 15.9 Å². The van der Waals surface area contributed by atoms with Crippen LogP contribution in [-0.2, 0) is 15.6 Å². The van der Waals surface area contributed by atoms with Crippen molar-refractivity contribution in [2.45, 2.75) is 17.4 Å². The van der Waals surface area contributed by atoms with Crippen molar-refractivity contribution in [2.24, 2.45) is 0 Å². The lowest BCUT2D eigenvalue weighted by atomic mass is 10.0. The van der Waals surface area contributed by atoms with Gasteiger partial charge in [0.15, 0.2) is 0 Å². The minimum absolute atomic E-state index is 0.116. The van der Waals surface area contributed by atoms with Gasteiger partial charge in [-0.05, 0) is 47.1 Å². The standard InChI is InChI=1S/C17H16BrNO4S/c1-17(20,16-10-12-6-2-4-8-14(12)23-16)11-19-24(21,22)15-9-5-3-7-13(15)18/h2-10,19-20H,11H2,1H3/t17-/m1/s1. The third kappa shape index (κ3) is 3.39. The zero-order valence-electron chi connectivity index (χ0n) is 12.9. The summed E-state index contributed by atoms with van der Waals surface area (Å²) in [6.45, 7) is 1.30. The number of nitrogens with one attached hydrogen (secondary N) is 1. The first-order valence-corrected chi connectivity index (χ1v) is 9.53. The number of benzene rings is 2. The molecule has 1 heterocycles. The van der Waals surface area contributed by atoms with E-state index in [1.807, 2.05) is 18.2 Å². The molecule has 0 spiro atoms. The Balaban J connectivity index is 1.83. The maximum Gasteiger partial charge on any atom is 0.241 e. The van der Waals surface area contributed by atoms with Crippen molar-refractivity contribution in [1.82, 2.24) is 4.72 Å². The van der Waals surface area contributed by atoms with Gasteiger partial charge in [-0.1, -0.05) is 30.3 Å². The van der Waals surface area contributed by atoms with Crippen molar-refractivity contribution >= 4 is 36.9 Å². The van der Waals surface area contributed by atoms with Gasteiger partial charge in [-0.3, -0.25) is 0 Å². The van der Waals surface area contributed by atoms with Crippen molar-refractivity contribution in [3.63, 3.8) is 0 Å². The lowest BCUT2D eigenvalue weighted by Crippen LogP contribution is -2.38. The molecule has 0 aliphatic heterocycles. The summed E-state index contributed by atoms with van der Waals surface area (Å²) in [6.07, 6.45) is 0. The Morgan fingerprint density at radius 3 is 2.54 bits per heavy atom. The van der Waals surface area contributed by atoms with Crippen LogP contribution < -0.4 is 4.72 Å². The first kappa shape index (κ1) is 17.2. The third-order valence-electron chi connectivity index (χ3n) is 3.69. The number of aliphatic hydroxyl groups is 1. The quantitative estimate of drug-likeness (QED) is 0.676. The molecule has 5 nitrogen and oxygen atoms in total. The van der Waals surface area contributed by atoms with Gasteiger partial charge in [0.25, 0.3) is 0 Å². The highest BCUT2D eigenvalue weighted by atomic mass is 79.9. The highest BCUT2D eigenvalue weighted by Gasteiger charge is 2.30. The first-order valence-electron chi connectivity index (χ1n) is 7.25. The molecule has 0 unspecified atom stereocenters. The molecule has 0 aliphatic rings. The molecular weight excluding hydrogens is 394 g/mol. The molecule has 126 valence electrons. The first-order chi connectivity index (χ1) is 11.3. The number of hydrogen-bond acceptors (Lipinski definition) is 4. The van der Waals surface area contributed by atoms with E-state index >= 15 is 0 Å². The smallest absolute Gasteiger partial charge is 0.241 e. The summed E-state index contributed by atoms with van der Waals surface area (Å²) in [5, 5.41) is 11.5. The van der Waals surface area contributed by atoms with Gasteiger partial charge in [0, 0.05) is 16.4 Å². The molecule has 3 rings (SSSR count). The van der Waals surface area contributed by atoms with Gasteiger partial charge < -0.3 is 9.52 Å². The lowest BCUT2D eigenvalue weighted by molar-refractivity contribution is 0.0412. The monoisotopic (exact) mass is 409 g/mol. The van der Waals surface area contributed by atoms with E-state index < -0.39 is 15.6 Å². The second-order valence-corrected chi connectivity index (χ2v) is 8.27. The number of furan rings is 1. The molecule has 1 atom stereocenters. The van der Waals surface area contributed by atoms with Gasteiger partial charge >= 0.3 is 0 Å². The fourth-order valence-corrected chi connectivity index (χ4v) is 4.44. The molecule has 1 aromatic heterocycles. The Morgan fingerprint density at radius 2 is 1.83 bits per heavy atom. The number of rotatable bonds is 5. The van der Waals surface area contributed by atoms with E-state index in [0.717, 1.165) is 5.39 Å². The van der Waals surface area contributed by atoms with Crippen LogP contribution in [0, 0.1) is 0 Å². The summed E-state index contributed by atoms with van der Waals surface area (Å²) < 4.78 is 33.4. The molecule has 2 aromatic carbocycles. The van der Waals surface area contributed by atoms with E-state index in [1.165, 1.54) is 13.0 Å². The normalized spacial score (nSPS) is 14.6. The van der Waals surface area contributed by atoms with E-state index in [0.29, 0.717) is 15.8 Å². The Morgan fingerprint density at radius 1 is 1.17 bits per heavy atom. The Kier molecular flexibility index (Phi) is 4.52. The third-order valence-corrected chi connectivity index (χ3v) is 6.10. The van der Waals surface area contributed by atoms with Crippen LogP contribution in [0.15, 0.2) is 68.4 Å². The van der Waals surface area contributed by atoms with Gasteiger partial charge in [0.05, 0.1) is 4.90 Å². The molecule has 24 heavy (non-hydrogen) atoms. The number of sulfonamides is 1. The van der Waals surface area contributed by atoms with E-state index in [9.17, 15) is 13.5 Å². The lowest BCUT2D eigenvalue weighted by Gasteiger charge is -2.21. The molecular formula is C17H16BrNO4S. The van der Waals surface area contributed by atoms with Crippen LogP contribution in [0.4, 0.5) is 0 Å². The summed E-state index contributed by atoms with van der Waals surface area (Å²) in [7, 11) is -3.76. The number of para-hydroxylation sites is 1. The summed E-state index contributed by atoms with van der Waals surface area (Å²) in [5.41, 5.74) is -0.839. The van der Waals surface area contributed by atoms with Crippen molar-refractivity contribution in [3.8, 4) is 0 Å². The Hall–Kier alpha value is -1.67. The second kappa shape index (κ2) is 6.33. The van der Waals surface area contributed by atoms with Gasteiger partial charge in [0.2, 0.25) is 10.0 Å². The van der Waals surface area contributed by atoms with E-state index in [2.05, 4.69) is 20.7 Å². The second-order valence-electron chi connectivity index (χ2n) is 5.68. The predicted molar refractivity (Wildman–Crippen MR) is 95.1 cm³/mol. The van der Waals surface area contributed by atoms with Crippen LogP contribution in [-0.4, -0.2) is 20.1 Å². The van der Waals surface area contributed by atoms with Crippen molar-refractivity contribution < 1.29 is 17.9 Å². The Labute approximate surface area is 148 Å². The molecule has 0 fully saturated rings. The van der Waals surface area contributed by atoms with Crippen LogP contribution in [0.1, 0.15) is 12.7 Å². The number of halogens is 1. The minimum atomic E-state index is -3.76. The molecule has 0 saturated heterocycles. The van der Waals surface area contributed by atoms with Crippen LogP contribution in [0.5, 0.6) is 0 Å². The van der Waals surface area contributed by atoms with E-state index in [1.54, 1.807) is 30.3 Å². The maximum absolute atomic E-state index is 12.4. The van der Waals surface area contributed by atoms with Gasteiger partial charge in [0.1, 0.15) is 16.9 Å². The maximum atomic E-state index is 12.4. The minimum Gasteiger partial charge on any atom is -0.458 e. The average molecular weight is 410 g/mol. The molecule has 7 heteroatoms. The zero-order valence-corrected chi connectivity index (χ0v) is 15.3. The summed E-state index contributed by atoms with van der Waals surface area (Å²) in [4.78, 5) is 0.116. The van der Waals surface area contributed by atoms with Gasteiger partial charge in [-0.15, -0.1) is 0 Å². The highest BCUT2D eigenvalue weighted by Crippen LogP contribution is 2.28. The average Bonchev–Trinajstić information content (AvgIpc) is 2.98. The molecule has 0 amide bonds. The zero-order chi connectivity index (χ0) is 17.4. The molecule has 3 aromatic rings. The van der Waals surface area contributed by atoms with Crippen molar-refractivity contribution in [3.05, 3.63) is 64.8 Å². The van der Waals surface area contributed by atoms with Gasteiger partial charge in [-0.25, -0.2) is 13.1 Å². The predicted octanol–water partition coefficient (Wildman–Crippen LogP) is 3.38. The molecule has 0 aliphatic carbocycles. The van der Waals surface area contributed by atoms with E-state index in [-0.39, 0.29) is 11.4 Å². The van der Waals surface area contributed by atoms with Crippen LogP contribution in [0.3, 0.4) is 0 Å². The molecule has 0 bridgehead atoms. The molecule has 0 radical (unpaired) electrons. The fraction of sp³-hybridized carbons (Fsp3) is 0.176. The van der Waals surface area contributed by atoms with Gasteiger partial charge in [-0.2, -0.15) is 0 Å². The number of fused-ring (bicyclic) bond motifs is 1. The van der Waals surface area contributed by atoms with Crippen molar-refractivity contribution in [1.29, 1.82) is 0 Å². The summed E-state index contributed by atoms with van der Waals surface area (Å²) in [6, 6.07) is 15.6. The molecule has 2 N–H and O–H groups in total. The topological polar surface area (TPSA) is 79.5 Å². The summed E-state index contributed by atoms with van der Waals surface area (Å²) in [5.74, 6) is 0.304. The number of hydrogen-bond donors (Lipinski definition) is 2. The van der Waals surface area contributed by atoms with Crippen LogP contribution in [0.25, 0.3) is 11.0 Å².